The quantitative estimate of drug-likeness (QED) is 0.0229. The van der Waals surface area contributed by atoms with Crippen LogP contribution in [0.5, 0.6) is 5.75 Å². The summed E-state index contributed by atoms with van der Waals surface area (Å²) >= 11 is 0. The largest absolute Gasteiger partial charge is 0.494 e. The third kappa shape index (κ3) is 24.2. The number of aliphatic imine (C=N–C) groups is 2. The maximum atomic E-state index is 15.2. The number of nitrogens with one attached hydrogen (secondary N) is 8. The maximum absolute atomic E-state index is 15.2. The molecule has 2 heterocycles. The predicted molar refractivity (Wildman–Crippen MR) is 345 cm³/mol. The molecule has 1 aliphatic carbocycles. The van der Waals surface area contributed by atoms with Gasteiger partial charge in [-0.2, -0.15) is 0 Å². The van der Waals surface area contributed by atoms with Crippen LogP contribution >= 0.6 is 21.6 Å². The third-order valence-corrected chi connectivity index (χ3v) is 19.2. The van der Waals surface area contributed by atoms with Crippen LogP contribution in [0, 0.1) is 5.92 Å². The Morgan fingerprint density at radius 3 is 1.92 bits per heavy atom. The molecule has 0 aromatic heterocycles. The second-order valence-corrected chi connectivity index (χ2v) is 25.8. The van der Waals surface area contributed by atoms with Gasteiger partial charge in [-0.15, -0.1) is 0 Å². The topological polar surface area (TPSA) is 460 Å². The lowest BCUT2D eigenvalue weighted by atomic mass is 9.85. The fourth-order valence-electron chi connectivity index (χ4n) is 10.8. The number of likely N-dealkylation sites (tertiary alicyclic amines) is 1. The number of nitrogens with zero attached hydrogens (tertiary/aromatic N) is 3. The van der Waals surface area contributed by atoms with Gasteiger partial charge in [-0.3, -0.25) is 57.9 Å². The van der Waals surface area contributed by atoms with Crippen molar-refractivity contribution < 1.29 is 52.7 Å². The third-order valence-electron chi connectivity index (χ3n) is 15.9. The van der Waals surface area contributed by atoms with Crippen molar-refractivity contribution in [3.63, 3.8) is 0 Å². The Morgan fingerprint density at radius 2 is 1.30 bits per heavy atom. The standard InChI is InChI=1S/C60H93N17O11S2/c1-4-36(3)49-56(86)74-44(33-47(62)78)53(83)75-45(57(87)77-30-14-19-46(77)55(85)72-41(18-13-27-70-59(65)66)51(81)68-29-28-67-50(80)40(61)17-12-26-69-58(63)64)35-89-90-60(24-10-7-11-25-60)34-48(79)71-42(32-38-20-22-39(23-21-38)88-5-2)52(82)73-43(54(84)76-49)31-37-15-8-6-9-16-37/h6,8-9,15-16,20-23,36,40-46,49H,4-5,7,10-14,17-19,24-35,61H2,1-3H3,(H2,62,78)(H,67,80)(H,68,81)(H,71,79)(H,72,85)(H,73,82)(H,74,86)(H,75,83)(H,76,84)(H4,63,64,69)(H4,65,66,70)/t36-,40-,41+,42-,43-,44-,45-,46?,49+/m1/s1. The van der Waals surface area contributed by atoms with E-state index < -0.39 is 124 Å². The van der Waals surface area contributed by atoms with E-state index in [0.29, 0.717) is 68.6 Å². The van der Waals surface area contributed by atoms with Gasteiger partial charge in [-0.25, -0.2) is 0 Å². The van der Waals surface area contributed by atoms with Crippen LogP contribution in [-0.4, -0.2) is 174 Å². The molecule has 20 N–H and O–H groups in total. The van der Waals surface area contributed by atoms with Crippen LogP contribution in [0.4, 0.5) is 0 Å². The van der Waals surface area contributed by atoms with E-state index in [9.17, 15) is 43.2 Å². The average molecular weight is 1290 g/mol. The molecule has 10 amide bonds. The Labute approximate surface area is 533 Å². The number of primary amides is 1. The zero-order valence-electron chi connectivity index (χ0n) is 51.8. The van der Waals surface area contributed by atoms with Crippen LogP contribution in [0.25, 0.3) is 0 Å². The van der Waals surface area contributed by atoms with Gasteiger partial charge in [0.05, 0.1) is 19.1 Å². The normalized spacial score (nSPS) is 22.1. The lowest BCUT2D eigenvalue weighted by molar-refractivity contribution is -0.142. The van der Waals surface area contributed by atoms with Crippen molar-refractivity contribution in [3.8, 4) is 5.75 Å². The van der Waals surface area contributed by atoms with Gasteiger partial charge in [0.2, 0.25) is 59.1 Å². The molecule has 28 nitrogen and oxygen atoms in total. The Bertz CT molecular complexity index is 2800. The summed E-state index contributed by atoms with van der Waals surface area (Å²) in [5.41, 5.74) is 35.0. The second kappa shape index (κ2) is 37.3. The number of guanidine groups is 2. The molecule has 1 unspecified atom stereocenters. The number of carbonyl (C=O) groups excluding carboxylic acids is 10. The average Bonchev–Trinajstić information content (AvgIpc) is 1.52. The molecule has 1 saturated carbocycles. The van der Waals surface area contributed by atoms with Crippen molar-refractivity contribution in [1.82, 2.24) is 47.4 Å². The van der Waals surface area contributed by atoms with Gasteiger partial charge in [0, 0.05) is 62.5 Å². The van der Waals surface area contributed by atoms with Crippen molar-refractivity contribution in [1.29, 1.82) is 0 Å². The number of hydrogen-bond acceptors (Lipinski definition) is 16. The first-order valence-electron chi connectivity index (χ1n) is 30.9. The van der Waals surface area contributed by atoms with Crippen LogP contribution in [0.1, 0.15) is 122 Å². The van der Waals surface area contributed by atoms with Gasteiger partial charge in [0.25, 0.3) is 0 Å². The molecule has 90 heavy (non-hydrogen) atoms. The summed E-state index contributed by atoms with van der Waals surface area (Å²) in [5, 5.41) is 22.3. The number of rotatable bonds is 26. The highest BCUT2D eigenvalue weighted by Crippen LogP contribution is 2.48. The van der Waals surface area contributed by atoms with Gasteiger partial charge in [-0.1, -0.05) is 104 Å². The minimum absolute atomic E-state index is 0.00265. The number of amides is 10. The number of nitrogens with two attached hydrogens (primary N) is 6. The highest BCUT2D eigenvalue weighted by Gasteiger charge is 2.43. The van der Waals surface area contributed by atoms with E-state index in [2.05, 4.69) is 52.5 Å². The molecule has 0 radical (unpaired) electrons. The molecule has 2 aliphatic heterocycles. The molecule has 3 aliphatic rings. The molecule has 2 aromatic rings. The van der Waals surface area contributed by atoms with E-state index in [-0.39, 0.29) is 82.4 Å². The first-order valence-corrected chi connectivity index (χ1v) is 33.2. The predicted octanol–water partition coefficient (Wildman–Crippen LogP) is -1.15. The van der Waals surface area contributed by atoms with Crippen molar-refractivity contribution >= 4 is 92.6 Å². The van der Waals surface area contributed by atoms with Crippen LogP contribution in [-0.2, 0) is 60.8 Å². The first kappa shape index (κ1) is 72.9. The van der Waals surface area contributed by atoms with Crippen molar-refractivity contribution in [3.05, 3.63) is 65.7 Å². The summed E-state index contributed by atoms with van der Waals surface area (Å²) in [6, 6.07) is 5.99. The zero-order chi connectivity index (χ0) is 65.8. The Morgan fingerprint density at radius 1 is 0.711 bits per heavy atom. The molecule has 1 spiro atoms. The highest BCUT2D eigenvalue weighted by atomic mass is 33.1. The molecule has 5 rings (SSSR count). The van der Waals surface area contributed by atoms with Gasteiger partial charge >= 0.3 is 0 Å². The van der Waals surface area contributed by atoms with E-state index in [1.54, 1.807) is 68.4 Å². The summed E-state index contributed by atoms with van der Waals surface area (Å²) < 4.78 is 4.93. The summed E-state index contributed by atoms with van der Waals surface area (Å²) in [6.45, 7) is 6.23. The van der Waals surface area contributed by atoms with E-state index in [1.165, 1.54) is 26.5 Å². The Hall–Kier alpha value is -7.86. The molecule has 9 atom stereocenters. The summed E-state index contributed by atoms with van der Waals surface area (Å²) in [5.74, 6) is -7.41. The van der Waals surface area contributed by atoms with Crippen LogP contribution in [0.2, 0.25) is 0 Å². The SMILES string of the molecule is CCOc1ccc(C[C@H]2NC(=O)CC3(CCCCC3)SSC[C@H](C(=O)N3CCCC3C(=O)N[C@@H](CCCN=C(N)N)C(=O)NCCNC(=O)[C@H](N)CCCN=C(N)N)NC(=O)[C@@H](CC(N)=O)NC(=O)[C@H]([C@H](C)CC)NC(=O)[C@@H](Cc3ccccc3)NC2=O)cc1. The second-order valence-electron chi connectivity index (χ2n) is 22.9. The van der Waals surface area contributed by atoms with Crippen molar-refractivity contribution in [2.45, 2.75) is 177 Å². The molecule has 2 saturated heterocycles. The minimum Gasteiger partial charge on any atom is -0.494 e. The van der Waals surface area contributed by atoms with Crippen molar-refractivity contribution in [2.24, 2.45) is 50.3 Å². The van der Waals surface area contributed by atoms with E-state index >= 15 is 4.79 Å². The summed E-state index contributed by atoms with van der Waals surface area (Å²) in [6.07, 6.45) is 4.82. The monoisotopic (exact) mass is 1290 g/mol. The minimum atomic E-state index is -1.67. The summed E-state index contributed by atoms with van der Waals surface area (Å²) in [4.78, 5) is 152. The molecule has 3 fully saturated rings. The fourth-order valence-corrected chi connectivity index (χ4v) is 14.2. The molecule has 0 bridgehead atoms. The van der Waals surface area contributed by atoms with Gasteiger partial charge in [0.1, 0.15) is 48.0 Å². The van der Waals surface area contributed by atoms with Gasteiger partial charge in [-0.05, 0) is 87.5 Å². The van der Waals surface area contributed by atoms with Gasteiger partial charge in [0.15, 0.2) is 11.9 Å². The molecular weight excluding hydrogens is 1200 g/mol. The highest BCUT2D eigenvalue weighted by molar-refractivity contribution is 8.77. The lowest BCUT2D eigenvalue weighted by Gasteiger charge is -2.37. The van der Waals surface area contributed by atoms with E-state index in [0.717, 1.165) is 19.3 Å². The first-order chi connectivity index (χ1) is 43.0. The Kier molecular flexibility index (Phi) is 30.2. The Balaban J connectivity index is 1.46. The number of hydrogen-bond donors (Lipinski definition) is 14. The number of ether oxygens (including phenoxy) is 1. The smallest absolute Gasteiger partial charge is 0.246 e. The lowest BCUT2D eigenvalue weighted by Crippen LogP contribution is -2.62. The summed E-state index contributed by atoms with van der Waals surface area (Å²) in [7, 11) is 2.60. The van der Waals surface area contributed by atoms with Gasteiger partial charge < -0.3 is 86.6 Å². The van der Waals surface area contributed by atoms with Crippen LogP contribution < -0.4 is 81.7 Å². The van der Waals surface area contributed by atoms with E-state index in [4.69, 9.17) is 39.1 Å². The molecule has 496 valence electrons. The zero-order valence-corrected chi connectivity index (χ0v) is 53.4. The number of benzene rings is 2. The van der Waals surface area contributed by atoms with Crippen LogP contribution in [0.15, 0.2) is 64.6 Å². The fraction of sp³-hybridized carbons (Fsp3) is 0.600. The van der Waals surface area contributed by atoms with Crippen molar-refractivity contribution in [2.75, 3.05) is 45.1 Å². The number of carbonyl (C=O) groups is 10. The van der Waals surface area contributed by atoms with Crippen LogP contribution in [0.3, 0.4) is 0 Å². The molecule has 30 heteroatoms. The molecular formula is C60H93N17O11S2. The maximum Gasteiger partial charge on any atom is 0.246 e. The van der Waals surface area contributed by atoms with E-state index in [1.807, 2.05) is 6.92 Å². The molecule has 2 aromatic carbocycles.